The zero-order valence-corrected chi connectivity index (χ0v) is 20.5. The minimum atomic E-state index is -0.747. The minimum Gasteiger partial charge on any atom is -0.490 e. The maximum Gasteiger partial charge on any atom is 0.266 e. The van der Waals surface area contributed by atoms with Gasteiger partial charge in [-0.2, -0.15) is 0 Å². The number of hydrogen-bond donors (Lipinski definition) is 1. The summed E-state index contributed by atoms with van der Waals surface area (Å²) in [6, 6.07) is 13.2. The van der Waals surface area contributed by atoms with Gasteiger partial charge < -0.3 is 19.5 Å². The first-order valence-electron chi connectivity index (χ1n) is 11.7. The Morgan fingerprint density at radius 1 is 0.941 bits per heavy atom. The molecule has 1 atom stereocenters. The number of benzene rings is 2. The summed E-state index contributed by atoms with van der Waals surface area (Å²) in [4.78, 5) is 12.8. The molecular formula is C26H33N3O5. The first-order valence-corrected chi connectivity index (χ1v) is 11.7. The van der Waals surface area contributed by atoms with E-state index in [-0.39, 0.29) is 11.7 Å². The van der Waals surface area contributed by atoms with E-state index in [0.29, 0.717) is 47.6 Å². The molecule has 3 rings (SSSR count). The monoisotopic (exact) mass is 467 g/mol. The van der Waals surface area contributed by atoms with E-state index in [4.69, 9.17) is 18.8 Å². The van der Waals surface area contributed by atoms with Crippen LogP contribution in [0.15, 0.2) is 47.1 Å². The van der Waals surface area contributed by atoms with Gasteiger partial charge >= 0.3 is 0 Å². The molecule has 182 valence electrons. The van der Waals surface area contributed by atoms with Gasteiger partial charge in [-0.05, 0) is 71.9 Å². The zero-order valence-electron chi connectivity index (χ0n) is 20.5. The highest BCUT2D eigenvalue weighted by molar-refractivity contribution is 5.96. The van der Waals surface area contributed by atoms with Crippen LogP contribution in [0.3, 0.4) is 0 Å². The number of nitrogens with one attached hydrogen (secondary N) is 1. The van der Waals surface area contributed by atoms with Crippen LogP contribution in [-0.2, 0) is 4.79 Å². The maximum atomic E-state index is 12.8. The molecule has 1 heterocycles. The van der Waals surface area contributed by atoms with Gasteiger partial charge in [0.1, 0.15) is 5.75 Å². The third-order valence-electron chi connectivity index (χ3n) is 5.10. The van der Waals surface area contributed by atoms with Crippen molar-refractivity contribution in [1.82, 2.24) is 10.3 Å². The smallest absolute Gasteiger partial charge is 0.266 e. The molecule has 0 radical (unpaired) electrons. The quantitative estimate of drug-likeness (QED) is 0.357. The molecule has 0 bridgehead atoms. The van der Waals surface area contributed by atoms with Crippen LogP contribution in [0.5, 0.6) is 17.2 Å². The highest BCUT2D eigenvalue weighted by Gasteiger charge is 2.21. The fraction of sp³-hybridized carbons (Fsp3) is 0.423. The largest absolute Gasteiger partial charge is 0.490 e. The lowest BCUT2D eigenvalue weighted by molar-refractivity contribution is -0.122. The van der Waals surface area contributed by atoms with Gasteiger partial charge in [0, 0.05) is 5.56 Å². The molecule has 0 aliphatic rings. The highest BCUT2D eigenvalue weighted by atomic mass is 16.6. The summed E-state index contributed by atoms with van der Waals surface area (Å²) in [7, 11) is 0. The SMILES string of the molecule is CCCOc1ccc(-c2nonc2NC(=O)[C@@H](C)Oc2ccc(C(C)C)cc2)cc1OCCC. The lowest BCUT2D eigenvalue weighted by Crippen LogP contribution is -2.30. The Bertz CT molecular complexity index is 1060. The Kier molecular flexibility index (Phi) is 8.90. The van der Waals surface area contributed by atoms with Crippen LogP contribution in [-0.4, -0.2) is 35.5 Å². The molecule has 0 aliphatic carbocycles. The Morgan fingerprint density at radius 3 is 2.26 bits per heavy atom. The Morgan fingerprint density at radius 2 is 1.62 bits per heavy atom. The highest BCUT2D eigenvalue weighted by Crippen LogP contribution is 2.34. The van der Waals surface area contributed by atoms with Crippen molar-refractivity contribution < 1.29 is 23.6 Å². The van der Waals surface area contributed by atoms with Gasteiger partial charge in [0.2, 0.25) is 5.82 Å². The van der Waals surface area contributed by atoms with Gasteiger partial charge in [-0.3, -0.25) is 4.79 Å². The topological polar surface area (TPSA) is 95.7 Å². The predicted octanol–water partition coefficient (Wildman–Crippen LogP) is 5.84. The number of aromatic nitrogens is 2. The number of anilines is 1. The molecule has 3 aromatic rings. The van der Waals surface area contributed by atoms with Gasteiger partial charge in [0.25, 0.3) is 5.91 Å². The van der Waals surface area contributed by atoms with Crippen LogP contribution in [0.1, 0.15) is 58.9 Å². The second-order valence-electron chi connectivity index (χ2n) is 8.29. The van der Waals surface area contributed by atoms with Crippen LogP contribution in [0.25, 0.3) is 11.3 Å². The summed E-state index contributed by atoms with van der Waals surface area (Å²) in [6.07, 6.45) is 1.01. The number of carbonyl (C=O) groups excluding carboxylic acids is 1. The van der Waals surface area contributed by atoms with Crippen LogP contribution < -0.4 is 19.5 Å². The molecule has 34 heavy (non-hydrogen) atoms. The number of rotatable bonds is 12. The average molecular weight is 468 g/mol. The van der Waals surface area contributed by atoms with E-state index in [0.717, 1.165) is 12.8 Å². The summed E-state index contributed by atoms with van der Waals surface area (Å²) < 4.78 is 22.4. The number of amides is 1. The van der Waals surface area contributed by atoms with Crippen LogP contribution >= 0.6 is 0 Å². The molecule has 8 heteroatoms. The molecule has 1 amide bonds. The Hall–Kier alpha value is -3.55. The van der Waals surface area contributed by atoms with Crippen molar-refractivity contribution in [2.45, 2.75) is 59.5 Å². The number of carbonyl (C=O) groups is 1. The van der Waals surface area contributed by atoms with E-state index in [9.17, 15) is 4.79 Å². The summed E-state index contributed by atoms with van der Waals surface area (Å²) in [6.45, 7) is 11.2. The fourth-order valence-corrected chi connectivity index (χ4v) is 3.18. The fourth-order valence-electron chi connectivity index (χ4n) is 3.18. The molecule has 2 aromatic carbocycles. The molecule has 0 unspecified atom stereocenters. The molecule has 0 spiro atoms. The first-order chi connectivity index (χ1) is 16.4. The van der Waals surface area contributed by atoms with Crippen molar-refractivity contribution in [3.8, 4) is 28.5 Å². The van der Waals surface area contributed by atoms with Crippen molar-refractivity contribution in [2.24, 2.45) is 0 Å². The molecular weight excluding hydrogens is 434 g/mol. The van der Waals surface area contributed by atoms with E-state index in [1.807, 2.05) is 56.3 Å². The first kappa shape index (κ1) is 25.1. The Balaban J connectivity index is 1.72. The second kappa shape index (κ2) is 12.1. The third kappa shape index (κ3) is 6.50. The van der Waals surface area contributed by atoms with Crippen molar-refractivity contribution >= 4 is 11.7 Å². The van der Waals surface area contributed by atoms with Crippen LogP contribution in [0, 0.1) is 0 Å². The summed E-state index contributed by atoms with van der Waals surface area (Å²) in [5, 5.41) is 10.6. The van der Waals surface area contributed by atoms with Crippen molar-refractivity contribution in [3.63, 3.8) is 0 Å². The number of nitrogens with zero attached hydrogens (tertiary/aromatic N) is 2. The summed E-state index contributed by atoms with van der Waals surface area (Å²) in [5.41, 5.74) is 2.28. The molecule has 0 saturated carbocycles. The lowest BCUT2D eigenvalue weighted by atomic mass is 10.0. The van der Waals surface area contributed by atoms with Crippen molar-refractivity contribution in [2.75, 3.05) is 18.5 Å². The van der Waals surface area contributed by atoms with Crippen LogP contribution in [0.4, 0.5) is 5.82 Å². The number of hydrogen-bond acceptors (Lipinski definition) is 7. The van der Waals surface area contributed by atoms with Crippen molar-refractivity contribution in [3.05, 3.63) is 48.0 Å². The molecule has 8 nitrogen and oxygen atoms in total. The maximum absolute atomic E-state index is 12.8. The lowest BCUT2D eigenvalue weighted by Gasteiger charge is -2.15. The molecule has 0 fully saturated rings. The number of ether oxygens (including phenoxy) is 3. The molecule has 0 saturated heterocycles. The minimum absolute atomic E-state index is 0.208. The van der Waals surface area contributed by atoms with Gasteiger partial charge in [-0.15, -0.1) is 0 Å². The molecule has 1 aromatic heterocycles. The van der Waals surface area contributed by atoms with Crippen molar-refractivity contribution in [1.29, 1.82) is 0 Å². The van der Waals surface area contributed by atoms with Gasteiger partial charge in [-0.1, -0.05) is 39.8 Å². The molecule has 1 N–H and O–H groups in total. The van der Waals surface area contributed by atoms with E-state index >= 15 is 0 Å². The van der Waals surface area contributed by atoms with Crippen LogP contribution in [0.2, 0.25) is 0 Å². The normalized spacial score (nSPS) is 11.8. The average Bonchev–Trinajstić information content (AvgIpc) is 3.30. The van der Waals surface area contributed by atoms with Gasteiger partial charge in [-0.25, -0.2) is 4.63 Å². The van der Waals surface area contributed by atoms with Gasteiger partial charge in [0.05, 0.1) is 13.2 Å². The summed E-state index contributed by atoms with van der Waals surface area (Å²) >= 11 is 0. The Labute approximate surface area is 200 Å². The predicted molar refractivity (Wildman–Crippen MR) is 131 cm³/mol. The summed E-state index contributed by atoms with van der Waals surface area (Å²) in [5.74, 6) is 2.15. The molecule has 0 aliphatic heterocycles. The van der Waals surface area contributed by atoms with E-state index in [1.165, 1.54) is 5.56 Å². The standard InChI is InChI=1S/C26H33N3O5/c1-6-14-31-22-13-10-20(16-23(22)32-15-7-2)24-25(29-34-28-24)27-26(30)18(5)33-21-11-8-19(9-12-21)17(3)4/h8-13,16-18H,6-7,14-15H2,1-5H3,(H,27,29,30)/t18-/m1/s1. The zero-order chi connectivity index (χ0) is 24.5. The second-order valence-corrected chi connectivity index (χ2v) is 8.29. The van der Waals surface area contributed by atoms with Gasteiger partial charge in [0.15, 0.2) is 23.3 Å². The van der Waals surface area contributed by atoms with E-state index in [1.54, 1.807) is 6.92 Å². The third-order valence-corrected chi connectivity index (χ3v) is 5.10. The van der Waals surface area contributed by atoms with E-state index < -0.39 is 6.10 Å². The van der Waals surface area contributed by atoms with E-state index in [2.05, 4.69) is 29.5 Å².